The van der Waals surface area contributed by atoms with Gasteiger partial charge in [-0.2, -0.15) is 10.5 Å². The Morgan fingerprint density at radius 1 is 1.12 bits per heavy atom. The highest BCUT2D eigenvalue weighted by Gasteiger charge is 2.17. The Balaban J connectivity index is 2.13. The van der Waals surface area contributed by atoms with Crippen molar-refractivity contribution in [2.45, 2.75) is 6.92 Å². The summed E-state index contributed by atoms with van der Waals surface area (Å²) in [5.74, 6) is 0.0761. The van der Waals surface area contributed by atoms with Crippen LogP contribution < -0.4 is 14.2 Å². The van der Waals surface area contributed by atoms with Gasteiger partial charge in [0.25, 0.3) is 0 Å². The second-order valence-electron chi connectivity index (χ2n) is 4.70. The molecule has 2 rings (SSSR count). The molecular formula is C18H13BrN2O4. The summed E-state index contributed by atoms with van der Waals surface area (Å²) in [6.45, 7) is 1.75. The lowest BCUT2D eigenvalue weighted by molar-refractivity contribution is -0.136. The summed E-state index contributed by atoms with van der Waals surface area (Å²) in [6.07, 6.45) is 0. The number of carbonyl (C=O) groups is 1. The van der Waals surface area contributed by atoms with E-state index in [4.69, 9.17) is 24.7 Å². The molecule has 0 atom stereocenters. The lowest BCUT2D eigenvalue weighted by atomic mass is 10.2. The summed E-state index contributed by atoms with van der Waals surface area (Å²) in [5, 5.41) is 18.0. The Morgan fingerprint density at radius 2 is 1.88 bits per heavy atom. The fraction of sp³-hybridized carbons (Fsp3) is 0.167. The maximum Gasteiger partial charge on any atom is 0.349 e. The van der Waals surface area contributed by atoms with E-state index >= 15 is 0 Å². The molecule has 0 saturated heterocycles. The maximum atomic E-state index is 12.1. The van der Waals surface area contributed by atoms with Crippen LogP contribution in [0.3, 0.4) is 0 Å². The Morgan fingerprint density at radius 3 is 2.56 bits per heavy atom. The van der Waals surface area contributed by atoms with E-state index in [1.54, 1.807) is 31.2 Å². The summed E-state index contributed by atoms with van der Waals surface area (Å²) in [4.78, 5) is 12.1. The van der Waals surface area contributed by atoms with Crippen molar-refractivity contribution in [3.05, 3.63) is 52.0 Å². The molecule has 0 N–H and O–H groups in total. The van der Waals surface area contributed by atoms with E-state index in [0.29, 0.717) is 28.0 Å². The minimum atomic E-state index is -0.667. The molecular weight excluding hydrogens is 388 g/mol. The molecule has 0 saturated carbocycles. The van der Waals surface area contributed by atoms with Crippen molar-refractivity contribution in [1.29, 1.82) is 10.5 Å². The average Bonchev–Trinajstić information content (AvgIpc) is 2.62. The van der Waals surface area contributed by atoms with Gasteiger partial charge in [-0.25, -0.2) is 4.79 Å². The first-order valence-electron chi connectivity index (χ1n) is 7.28. The molecule has 0 fully saturated rings. The van der Waals surface area contributed by atoms with Crippen LogP contribution in [0.15, 0.2) is 40.9 Å². The zero-order valence-electron chi connectivity index (χ0n) is 13.3. The van der Waals surface area contributed by atoms with Crippen LogP contribution in [0.1, 0.15) is 18.1 Å². The van der Waals surface area contributed by atoms with Crippen molar-refractivity contribution in [2.75, 3.05) is 13.2 Å². The summed E-state index contributed by atoms with van der Waals surface area (Å²) < 4.78 is 16.5. The van der Waals surface area contributed by atoms with E-state index in [1.807, 2.05) is 12.1 Å². The van der Waals surface area contributed by atoms with Crippen molar-refractivity contribution in [3.63, 3.8) is 0 Å². The van der Waals surface area contributed by atoms with Crippen molar-refractivity contribution < 1.29 is 19.0 Å². The van der Waals surface area contributed by atoms with E-state index in [0.717, 1.165) is 0 Å². The SMILES string of the molecule is CCOc1cc(C#N)cc(Br)c1OC(=O)COc1ccccc1C#N. The smallest absolute Gasteiger partial charge is 0.349 e. The van der Waals surface area contributed by atoms with E-state index < -0.39 is 5.97 Å². The third-order valence-corrected chi connectivity index (χ3v) is 3.60. The molecule has 2 aromatic carbocycles. The number of hydrogen-bond acceptors (Lipinski definition) is 6. The highest BCUT2D eigenvalue weighted by atomic mass is 79.9. The summed E-state index contributed by atoms with van der Waals surface area (Å²) in [6, 6.07) is 13.6. The van der Waals surface area contributed by atoms with Gasteiger partial charge in [0.15, 0.2) is 18.1 Å². The number of rotatable bonds is 6. The van der Waals surface area contributed by atoms with Gasteiger partial charge in [0.2, 0.25) is 0 Å². The van der Waals surface area contributed by atoms with Crippen LogP contribution in [-0.4, -0.2) is 19.2 Å². The Kier molecular flexibility index (Phi) is 6.39. The molecule has 0 aliphatic carbocycles. The Labute approximate surface area is 153 Å². The highest BCUT2D eigenvalue weighted by molar-refractivity contribution is 9.10. The molecule has 126 valence electrons. The third kappa shape index (κ3) is 4.72. The summed E-state index contributed by atoms with van der Waals surface area (Å²) >= 11 is 3.26. The molecule has 25 heavy (non-hydrogen) atoms. The van der Waals surface area contributed by atoms with Crippen LogP contribution in [0.4, 0.5) is 0 Å². The second-order valence-corrected chi connectivity index (χ2v) is 5.56. The molecule has 0 amide bonds. The van der Waals surface area contributed by atoms with Crippen molar-refractivity contribution >= 4 is 21.9 Å². The average molecular weight is 401 g/mol. The molecule has 0 radical (unpaired) electrons. The molecule has 0 heterocycles. The monoisotopic (exact) mass is 400 g/mol. The number of benzene rings is 2. The predicted octanol–water partition coefficient (Wildman–Crippen LogP) is 3.58. The van der Waals surface area contributed by atoms with Crippen LogP contribution in [-0.2, 0) is 4.79 Å². The van der Waals surface area contributed by atoms with Gasteiger partial charge in [0, 0.05) is 6.07 Å². The zero-order chi connectivity index (χ0) is 18.2. The quantitative estimate of drug-likeness (QED) is 0.543. The first kappa shape index (κ1) is 18.3. The van der Waals surface area contributed by atoms with Crippen LogP contribution in [0, 0.1) is 22.7 Å². The predicted molar refractivity (Wildman–Crippen MR) is 92.3 cm³/mol. The number of hydrogen-bond donors (Lipinski definition) is 0. The number of halogens is 1. The van der Waals surface area contributed by atoms with Crippen LogP contribution in [0.2, 0.25) is 0 Å². The Hall–Kier alpha value is -3.03. The van der Waals surface area contributed by atoms with Crippen molar-refractivity contribution in [2.24, 2.45) is 0 Å². The van der Waals surface area contributed by atoms with Gasteiger partial charge in [0.05, 0.1) is 28.3 Å². The van der Waals surface area contributed by atoms with Crippen molar-refractivity contribution in [1.82, 2.24) is 0 Å². The minimum absolute atomic E-state index is 0.169. The molecule has 0 bridgehead atoms. The molecule has 7 heteroatoms. The minimum Gasteiger partial charge on any atom is -0.490 e. The fourth-order valence-corrected chi connectivity index (χ4v) is 2.48. The van der Waals surface area contributed by atoms with Gasteiger partial charge in [0.1, 0.15) is 11.8 Å². The lowest BCUT2D eigenvalue weighted by Crippen LogP contribution is -2.18. The zero-order valence-corrected chi connectivity index (χ0v) is 14.9. The number of ether oxygens (including phenoxy) is 3. The van der Waals surface area contributed by atoms with E-state index in [-0.39, 0.29) is 18.1 Å². The van der Waals surface area contributed by atoms with Crippen molar-refractivity contribution in [3.8, 4) is 29.4 Å². The van der Waals surface area contributed by atoms with Gasteiger partial charge in [-0.1, -0.05) is 12.1 Å². The summed E-state index contributed by atoms with van der Waals surface area (Å²) in [5.41, 5.74) is 0.694. The number of para-hydroxylation sites is 1. The molecule has 0 aromatic heterocycles. The lowest BCUT2D eigenvalue weighted by Gasteiger charge is -2.13. The van der Waals surface area contributed by atoms with Gasteiger partial charge in [-0.05, 0) is 41.1 Å². The van der Waals surface area contributed by atoms with Gasteiger partial charge >= 0.3 is 5.97 Å². The van der Waals surface area contributed by atoms with Gasteiger partial charge < -0.3 is 14.2 Å². The second kappa shape index (κ2) is 8.72. The number of carbonyl (C=O) groups excluding carboxylic acids is 1. The Bertz CT molecular complexity index is 868. The van der Waals surface area contributed by atoms with E-state index in [9.17, 15) is 4.79 Å². The molecule has 0 aliphatic heterocycles. The van der Waals surface area contributed by atoms with Crippen LogP contribution in [0.5, 0.6) is 17.2 Å². The van der Waals surface area contributed by atoms with Gasteiger partial charge in [-0.15, -0.1) is 0 Å². The van der Waals surface area contributed by atoms with Crippen LogP contribution in [0.25, 0.3) is 0 Å². The third-order valence-electron chi connectivity index (χ3n) is 3.01. The number of nitriles is 2. The van der Waals surface area contributed by atoms with Gasteiger partial charge in [-0.3, -0.25) is 0 Å². The number of esters is 1. The maximum absolute atomic E-state index is 12.1. The first-order valence-corrected chi connectivity index (χ1v) is 8.07. The standard InChI is InChI=1S/C18H13BrN2O4/c1-2-23-16-8-12(9-20)7-14(19)18(16)25-17(22)11-24-15-6-4-3-5-13(15)10-21/h3-8H,2,11H2,1H3. The highest BCUT2D eigenvalue weighted by Crippen LogP contribution is 2.37. The fourth-order valence-electron chi connectivity index (χ4n) is 1.96. The largest absolute Gasteiger partial charge is 0.490 e. The molecule has 0 unspecified atom stereocenters. The first-order chi connectivity index (χ1) is 12.1. The normalized spacial score (nSPS) is 9.60. The number of nitrogens with zero attached hydrogens (tertiary/aromatic N) is 2. The molecule has 0 aliphatic rings. The molecule has 0 spiro atoms. The molecule has 2 aromatic rings. The van der Waals surface area contributed by atoms with Crippen LogP contribution >= 0.6 is 15.9 Å². The van der Waals surface area contributed by atoms with E-state index in [2.05, 4.69) is 15.9 Å². The topological polar surface area (TPSA) is 92.3 Å². The summed E-state index contributed by atoms with van der Waals surface area (Å²) in [7, 11) is 0. The van der Waals surface area contributed by atoms with E-state index in [1.165, 1.54) is 12.1 Å². The molecule has 6 nitrogen and oxygen atoms in total.